The van der Waals surface area contributed by atoms with Gasteiger partial charge < -0.3 is 15.4 Å². The molecule has 7 heteroatoms. The summed E-state index contributed by atoms with van der Waals surface area (Å²) < 4.78 is 5.57. The minimum atomic E-state index is -0.571. The molecule has 2 N–H and O–H groups in total. The Hall–Kier alpha value is -2.93. The summed E-state index contributed by atoms with van der Waals surface area (Å²) in [4.78, 5) is 32.7. The first-order chi connectivity index (χ1) is 13.5. The Morgan fingerprint density at radius 3 is 2.68 bits per heavy atom. The lowest BCUT2D eigenvalue weighted by molar-refractivity contribution is -0.133. The third kappa shape index (κ3) is 5.29. The zero-order valence-corrected chi connectivity index (χ0v) is 16.1. The molecule has 0 aliphatic carbocycles. The van der Waals surface area contributed by atoms with E-state index >= 15 is 0 Å². The number of rotatable bonds is 6. The molecule has 148 valence electrons. The Kier molecular flexibility index (Phi) is 6.60. The molecule has 0 atom stereocenters. The molecule has 2 aromatic rings. The Morgan fingerprint density at radius 1 is 1.07 bits per heavy atom. The smallest absolute Gasteiger partial charge is 0.260 e. The van der Waals surface area contributed by atoms with E-state index in [1.165, 1.54) is 0 Å². The lowest BCUT2D eigenvalue weighted by Crippen LogP contribution is -2.38. The number of aryl methyl sites for hydroxylation is 1. The SMILES string of the molecule is Cc1cccc(CN2CCCN(C(=O)COc3ccccc3C(N)=O)CC2)n1. The molecule has 28 heavy (non-hydrogen) atoms. The highest BCUT2D eigenvalue weighted by atomic mass is 16.5. The molecule has 0 unspecified atom stereocenters. The van der Waals surface area contributed by atoms with Crippen molar-refractivity contribution >= 4 is 11.8 Å². The van der Waals surface area contributed by atoms with E-state index in [1.807, 2.05) is 30.0 Å². The van der Waals surface area contributed by atoms with Crippen LogP contribution in [-0.2, 0) is 11.3 Å². The number of hydrogen-bond acceptors (Lipinski definition) is 5. The highest BCUT2D eigenvalue weighted by molar-refractivity contribution is 5.95. The fraction of sp³-hybridized carbons (Fsp3) is 0.381. The van der Waals surface area contributed by atoms with Gasteiger partial charge in [0.25, 0.3) is 11.8 Å². The average molecular weight is 382 g/mol. The normalized spacial score (nSPS) is 15.1. The largest absolute Gasteiger partial charge is 0.483 e. The molecule has 0 saturated carbocycles. The van der Waals surface area contributed by atoms with Crippen LogP contribution in [0.25, 0.3) is 0 Å². The van der Waals surface area contributed by atoms with Gasteiger partial charge in [0, 0.05) is 38.4 Å². The van der Waals surface area contributed by atoms with Gasteiger partial charge in [0.1, 0.15) is 5.75 Å². The van der Waals surface area contributed by atoms with Crippen molar-refractivity contribution in [1.29, 1.82) is 0 Å². The second kappa shape index (κ2) is 9.32. The molecule has 0 radical (unpaired) electrons. The number of carbonyl (C=O) groups excluding carboxylic acids is 2. The number of para-hydroxylation sites is 1. The summed E-state index contributed by atoms with van der Waals surface area (Å²) in [5.41, 5.74) is 7.69. The van der Waals surface area contributed by atoms with E-state index < -0.39 is 5.91 Å². The van der Waals surface area contributed by atoms with Gasteiger partial charge >= 0.3 is 0 Å². The summed E-state index contributed by atoms with van der Waals surface area (Å²) in [5.74, 6) is -0.321. The van der Waals surface area contributed by atoms with Crippen LogP contribution < -0.4 is 10.5 Å². The van der Waals surface area contributed by atoms with E-state index in [0.717, 1.165) is 37.4 Å². The summed E-state index contributed by atoms with van der Waals surface area (Å²) in [7, 11) is 0. The van der Waals surface area contributed by atoms with Crippen molar-refractivity contribution < 1.29 is 14.3 Å². The Labute approximate surface area is 165 Å². The van der Waals surface area contributed by atoms with E-state index in [9.17, 15) is 9.59 Å². The third-order valence-electron chi connectivity index (χ3n) is 4.78. The first kappa shape index (κ1) is 19.8. The maximum Gasteiger partial charge on any atom is 0.260 e. The fourth-order valence-corrected chi connectivity index (χ4v) is 3.32. The fourth-order valence-electron chi connectivity index (χ4n) is 3.32. The van der Waals surface area contributed by atoms with E-state index in [2.05, 4.69) is 9.88 Å². The number of aromatic nitrogens is 1. The lowest BCUT2D eigenvalue weighted by Gasteiger charge is -2.22. The zero-order chi connectivity index (χ0) is 19.9. The van der Waals surface area contributed by atoms with Crippen molar-refractivity contribution in [2.75, 3.05) is 32.8 Å². The number of amides is 2. The van der Waals surface area contributed by atoms with Gasteiger partial charge in [-0.15, -0.1) is 0 Å². The highest BCUT2D eigenvalue weighted by Gasteiger charge is 2.20. The zero-order valence-electron chi connectivity index (χ0n) is 16.1. The van der Waals surface area contributed by atoms with Crippen LogP contribution in [0.3, 0.4) is 0 Å². The highest BCUT2D eigenvalue weighted by Crippen LogP contribution is 2.17. The van der Waals surface area contributed by atoms with Crippen LogP contribution in [0.15, 0.2) is 42.5 Å². The molecule has 1 aliphatic heterocycles. The van der Waals surface area contributed by atoms with Crippen LogP contribution in [0.1, 0.15) is 28.2 Å². The number of hydrogen-bond donors (Lipinski definition) is 1. The molecule has 7 nitrogen and oxygen atoms in total. The summed E-state index contributed by atoms with van der Waals surface area (Å²) in [6.45, 7) is 5.71. The van der Waals surface area contributed by atoms with Gasteiger partial charge in [0.05, 0.1) is 11.3 Å². The van der Waals surface area contributed by atoms with Gasteiger partial charge in [0.2, 0.25) is 0 Å². The lowest BCUT2D eigenvalue weighted by atomic mass is 10.2. The van der Waals surface area contributed by atoms with Gasteiger partial charge in [-0.25, -0.2) is 0 Å². The number of ether oxygens (including phenoxy) is 1. The molecular weight excluding hydrogens is 356 g/mol. The quantitative estimate of drug-likeness (QED) is 0.820. The van der Waals surface area contributed by atoms with Crippen LogP contribution in [0, 0.1) is 6.92 Å². The maximum atomic E-state index is 12.6. The van der Waals surface area contributed by atoms with Gasteiger partial charge in [-0.1, -0.05) is 18.2 Å². The molecule has 1 aliphatic rings. The Morgan fingerprint density at radius 2 is 1.89 bits per heavy atom. The van der Waals surface area contributed by atoms with Crippen molar-refractivity contribution in [3.8, 4) is 5.75 Å². The van der Waals surface area contributed by atoms with E-state index in [1.54, 1.807) is 24.3 Å². The predicted molar refractivity (Wildman–Crippen MR) is 106 cm³/mol. The number of benzene rings is 1. The third-order valence-corrected chi connectivity index (χ3v) is 4.78. The standard InChI is InChI=1S/C21H26N4O3/c1-16-6-4-7-17(23-16)14-24-10-5-11-25(13-12-24)20(26)15-28-19-9-3-2-8-18(19)21(22)27/h2-4,6-9H,5,10-15H2,1H3,(H2,22,27). The number of primary amides is 1. The second-order valence-electron chi connectivity index (χ2n) is 6.93. The molecule has 3 rings (SSSR count). The molecular formula is C21H26N4O3. The van der Waals surface area contributed by atoms with Crippen LogP contribution in [0.5, 0.6) is 5.75 Å². The van der Waals surface area contributed by atoms with Gasteiger partial charge in [-0.05, 0) is 37.6 Å². The van der Waals surface area contributed by atoms with Crippen LogP contribution in [-0.4, -0.2) is 59.4 Å². The summed E-state index contributed by atoms with van der Waals surface area (Å²) in [5, 5.41) is 0. The van der Waals surface area contributed by atoms with Gasteiger partial charge in [-0.3, -0.25) is 19.5 Å². The second-order valence-corrected chi connectivity index (χ2v) is 6.93. The van der Waals surface area contributed by atoms with E-state index in [-0.39, 0.29) is 18.1 Å². The first-order valence-electron chi connectivity index (χ1n) is 9.47. The summed E-state index contributed by atoms with van der Waals surface area (Å²) in [6, 6.07) is 12.7. The topological polar surface area (TPSA) is 88.8 Å². The Balaban J connectivity index is 1.52. The van der Waals surface area contributed by atoms with E-state index in [4.69, 9.17) is 10.5 Å². The van der Waals surface area contributed by atoms with Gasteiger partial charge in [0.15, 0.2) is 6.61 Å². The number of carbonyl (C=O) groups is 2. The summed E-state index contributed by atoms with van der Waals surface area (Å²) >= 11 is 0. The Bertz CT molecular complexity index is 840. The maximum absolute atomic E-state index is 12.6. The molecule has 1 saturated heterocycles. The van der Waals surface area contributed by atoms with Crippen LogP contribution >= 0.6 is 0 Å². The minimum absolute atomic E-state index is 0.0881. The average Bonchev–Trinajstić information content (AvgIpc) is 2.92. The predicted octanol–water partition coefficient (Wildman–Crippen LogP) is 1.60. The van der Waals surface area contributed by atoms with Crippen molar-refractivity contribution in [3.05, 3.63) is 59.4 Å². The van der Waals surface area contributed by atoms with Crippen molar-refractivity contribution in [2.45, 2.75) is 19.9 Å². The molecule has 0 bridgehead atoms. The minimum Gasteiger partial charge on any atom is -0.483 e. The molecule has 2 amide bonds. The number of nitrogens with two attached hydrogens (primary N) is 1. The monoisotopic (exact) mass is 382 g/mol. The van der Waals surface area contributed by atoms with Crippen LogP contribution in [0.2, 0.25) is 0 Å². The molecule has 1 aromatic carbocycles. The molecule has 1 aromatic heterocycles. The molecule has 1 fully saturated rings. The van der Waals surface area contributed by atoms with Gasteiger partial charge in [-0.2, -0.15) is 0 Å². The van der Waals surface area contributed by atoms with Crippen molar-refractivity contribution in [2.24, 2.45) is 5.73 Å². The first-order valence-corrected chi connectivity index (χ1v) is 9.47. The van der Waals surface area contributed by atoms with E-state index in [0.29, 0.717) is 18.8 Å². The number of pyridine rings is 1. The number of nitrogens with zero attached hydrogens (tertiary/aromatic N) is 3. The summed E-state index contributed by atoms with van der Waals surface area (Å²) in [6.07, 6.45) is 0.898. The van der Waals surface area contributed by atoms with Crippen molar-refractivity contribution in [1.82, 2.24) is 14.8 Å². The molecule has 2 heterocycles. The van der Waals surface area contributed by atoms with Crippen molar-refractivity contribution in [3.63, 3.8) is 0 Å². The van der Waals surface area contributed by atoms with Crippen LogP contribution in [0.4, 0.5) is 0 Å². The molecule has 0 spiro atoms.